The Balaban J connectivity index is 1.90. The zero-order valence-electron chi connectivity index (χ0n) is 12.5. The number of hydrogen-bond acceptors (Lipinski definition) is 4. The molecule has 1 aliphatic rings. The van der Waals surface area contributed by atoms with Crippen LogP contribution in [0.5, 0.6) is 0 Å². The number of nitrogens with zero attached hydrogens (tertiary/aromatic N) is 3. The standard InChI is InChI=1S/C17H12N4OS/c1-9-8-21-15(10(2)19-17(21)23-9)6-13-12-4-3-11(7-18)5-14(12)20-16(13)22/h3-6,8H,1-2H3,(H,20,22)/b13-6+. The molecule has 1 N–H and O–H groups in total. The van der Waals surface area contributed by atoms with E-state index in [0.29, 0.717) is 16.8 Å². The predicted molar refractivity (Wildman–Crippen MR) is 90.2 cm³/mol. The van der Waals surface area contributed by atoms with Gasteiger partial charge in [-0.15, -0.1) is 11.3 Å². The monoisotopic (exact) mass is 320 g/mol. The summed E-state index contributed by atoms with van der Waals surface area (Å²) in [6.07, 6.45) is 3.90. The van der Waals surface area contributed by atoms with E-state index in [0.717, 1.165) is 21.9 Å². The van der Waals surface area contributed by atoms with Gasteiger partial charge in [-0.2, -0.15) is 5.26 Å². The van der Waals surface area contributed by atoms with E-state index >= 15 is 0 Å². The van der Waals surface area contributed by atoms with Gasteiger partial charge in [0.25, 0.3) is 5.91 Å². The Morgan fingerprint density at radius 2 is 2.22 bits per heavy atom. The SMILES string of the molecule is Cc1cn2c(/C=C3/C(=O)Nc4cc(C#N)ccc43)c(C)nc2s1. The van der Waals surface area contributed by atoms with Crippen molar-refractivity contribution in [3.63, 3.8) is 0 Å². The molecule has 1 amide bonds. The van der Waals surface area contributed by atoms with Crippen molar-refractivity contribution in [3.05, 3.63) is 51.8 Å². The fourth-order valence-electron chi connectivity index (χ4n) is 2.80. The number of anilines is 1. The molecule has 0 bridgehead atoms. The molecule has 3 aromatic rings. The van der Waals surface area contributed by atoms with Crippen LogP contribution in [0.3, 0.4) is 0 Å². The van der Waals surface area contributed by atoms with Crippen LogP contribution in [0.1, 0.15) is 27.4 Å². The molecule has 1 aromatic carbocycles. The minimum atomic E-state index is -0.156. The number of amides is 1. The van der Waals surface area contributed by atoms with Crippen LogP contribution in [0, 0.1) is 25.2 Å². The van der Waals surface area contributed by atoms with Gasteiger partial charge in [-0.1, -0.05) is 6.07 Å². The predicted octanol–water partition coefficient (Wildman–Crippen LogP) is 3.38. The highest BCUT2D eigenvalue weighted by molar-refractivity contribution is 7.17. The van der Waals surface area contributed by atoms with Crippen molar-refractivity contribution in [2.24, 2.45) is 0 Å². The second-order valence-electron chi connectivity index (χ2n) is 5.46. The lowest BCUT2D eigenvalue weighted by molar-refractivity contribution is -0.110. The fraction of sp³-hybridized carbons (Fsp3) is 0.118. The Kier molecular flexibility index (Phi) is 2.86. The number of imidazole rings is 1. The van der Waals surface area contributed by atoms with E-state index in [2.05, 4.69) is 16.4 Å². The molecule has 5 nitrogen and oxygen atoms in total. The molecule has 0 atom stereocenters. The molecular weight excluding hydrogens is 308 g/mol. The number of benzene rings is 1. The second kappa shape index (κ2) is 4.80. The Labute approximate surface area is 136 Å². The van der Waals surface area contributed by atoms with E-state index in [1.165, 1.54) is 4.88 Å². The number of aryl methyl sites for hydroxylation is 2. The van der Waals surface area contributed by atoms with E-state index in [-0.39, 0.29) is 5.91 Å². The summed E-state index contributed by atoms with van der Waals surface area (Å²) in [5, 5.41) is 11.8. The van der Waals surface area contributed by atoms with Crippen LogP contribution in [0.25, 0.3) is 16.6 Å². The molecule has 0 unspecified atom stereocenters. The first-order valence-corrected chi connectivity index (χ1v) is 7.91. The Morgan fingerprint density at radius 1 is 1.39 bits per heavy atom. The van der Waals surface area contributed by atoms with Crippen molar-refractivity contribution < 1.29 is 4.79 Å². The van der Waals surface area contributed by atoms with Crippen LogP contribution in [0.4, 0.5) is 5.69 Å². The van der Waals surface area contributed by atoms with Crippen molar-refractivity contribution in [2.45, 2.75) is 13.8 Å². The maximum Gasteiger partial charge on any atom is 0.256 e. The molecule has 112 valence electrons. The first-order chi connectivity index (χ1) is 11.1. The van der Waals surface area contributed by atoms with Crippen molar-refractivity contribution in [2.75, 3.05) is 5.32 Å². The highest BCUT2D eigenvalue weighted by atomic mass is 32.1. The number of nitrogens with one attached hydrogen (secondary N) is 1. The summed E-state index contributed by atoms with van der Waals surface area (Å²) in [4.78, 5) is 19.0. The van der Waals surface area contributed by atoms with Crippen molar-refractivity contribution >= 4 is 39.5 Å². The average molecular weight is 320 g/mol. The van der Waals surface area contributed by atoms with Gasteiger partial charge in [0.2, 0.25) is 0 Å². The Morgan fingerprint density at radius 3 is 3.00 bits per heavy atom. The van der Waals surface area contributed by atoms with Crippen molar-refractivity contribution in [3.8, 4) is 6.07 Å². The van der Waals surface area contributed by atoms with Crippen molar-refractivity contribution in [1.29, 1.82) is 5.26 Å². The molecule has 0 spiro atoms. The molecule has 1 aliphatic heterocycles. The van der Waals surface area contributed by atoms with Crippen LogP contribution >= 0.6 is 11.3 Å². The molecule has 0 saturated heterocycles. The van der Waals surface area contributed by atoms with Gasteiger partial charge in [-0.25, -0.2) is 4.98 Å². The van der Waals surface area contributed by atoms with E-state index in [4.69, 9.17) is 5.26 Å². The second-order valence-corrected chi connectivity index (χ2v) is 6.67. The van der Waals surface area contributed by atoms with Gasteiger partial charge >= 0.3 is 0 Å². The minimum Gasteiger partial charge on any atom is -0.321 e. The summed E-state index contributed by atoms with van der Waals surface area (Å²) in [6, 6.07) is 7.31. The molecule has 0 saturated carbocycles. The fourth-order valence-corrected chi connectivity index (χ4v) is 3.68. The van der Waals surface area contributed by atoms with Crippen LogP contribution in [-0.2, 0) is 4.79 Å². The Bertz CT molecular complexity index is 1050. The molecule has 4 rings (SSSR count). The van der Waals surface area contributed by atoms with Crippen molar-refractivity contribution in [1.82, 2.24) is 9.38 Å². The third kappa shape index (κ3) is 2.05. The average Bonchev–Trinajstić information content (AvgIpc) is 3.11. The number of carbonyl (C=O) groups excluding carboxylic acids is 1. The molecular formula is C17H12N4OS. The summed E-state index contributed by atoms with van der Waals surface area (Å²) in [5.41, 5.74) is 4.42. The first kappa shape index (κ1) is 13.7. The lowest BCUT2D eigenvalue weighted by Gasteiger charge is -1.99. The Hall–Kier alpha value is -2.91. The topological polar surface area (TPSA) is 70.2 Å². The highest BCUT2D eigenvalue weighted by Crippen LogP contribution is 2.34. The lowest BCUT2D eigenvalue weighted by Crippen LogP contribution is -2.04. The zero-order chi connectivity index (χ0) is 16.1. The summed E-state index contributed by atoms with van der Waals surface area (Å²) in [6.45, 7) is 3.97. The number of fused-ring (bicyclic) bond motifs is 2. The van der Waals surface area contributed by atoms with Gasteiger partial charge in [0.1, 0.15) is 0 Å². The molecule has 0 aliphatic carbocycles. The number of thiazole rings is 1. The number of hydrogen-bond donors (Lipinski definition) is 1. The van der Waals surface area contributed by atoms with E-state index in [1.54, 1.807) is 23.5 Å². The number of nitriles is 1. The summed E-state index contributed by atoms with van der Waals surface area (Å²) in [5.74, 6) is -0.156. The van der Waals surface area contributed by atoms with Crippen LogP contribution in [0.2, 0.25) is 0 Å². The molecule has 6 heteroatoms. The van der Waals surface area contributed by atoms with Gasteiger partial charge in [-0.3, -0.25) is 9.20 Å². The third-order valence-electron chi connectivity index (χ3n) is 3.88. The first-order valence-electron chi connectivity index (χ1n) is 7.09. The maximum absolute atomic E-state index is 12.3. The number of rotatable bonds is 1. The third-order valence-corrected chi connectivity index (χ3v) is 4.77. The highest BCUT2D eigenvalue weighted by Gasteiger charge is 2.25. The summed E-state index contributed by atoms with van der Waals surface area (Å²) >= 11 is 1.62. The minimum absolute atomic E-state index is 0.156. The van der Waals surface area contributed by atoms with Gasteiger partial charge in [0, 0.05) is 16.6 Å². The molecule has 3 heterocycles. The van der Waals surface area contributed by atoms with Crippen LogP contribution in [-0.4, -0.2) is 15.3 Å². The normalized spacial score (nSPS) is 15.0. The molecule has 2 aromatic heterocycles. The van der Waals surface area contributed by atoms with Crippen LogP contribution in [0.15, 0.2) is 24.4 Å². The molecule has 0 fully saturated rings. The van der Waals surface area contributed by atoms with E-state index < -0.39 is 0 Å². The molecule has 23 heavy (non-hydrogen) atoms. The van der Waals surface area contributed by atoms with Crippen LogP contribution < -0.4 is 5.32 Å². The quantitative estimate of drug-likeness (QED) is 0.699. The number of aromatic nitrogens is 2. The van der Waals surface area contributed by atoms with Gasteiger partial charge in [-0.05, 0) is 32.1 Å². The van der Waals surface area contributed by atoms with E-state index in [9.17, 15) is 4.79 Å². The van der Waals surface area contributed by atoms with E-state index in [1.807, 2.05) is 36.6 Å². The largest absolute Gasteiger partial charge is 0.321 e. The maximum atomic E-state index is 12.3. The lowest BCUT2D eigenvalue weighted by atomic mass is 10.0. The molecule has 0 radical (unpaired) electrons. The smallest absolute Gasteiger partial charge is 0.256 e. The van der Waals surface area contributed by atoms with Gasteiger partial charge in [0.05, 0.1) is 34.3 Å². The van der Waals surface area contributed by atoms with Gasteiger partial charge < -0.3 is 5.32 Å². The van der Waals surface area contributed by atoms with Gasteiger partial charge in [0.15, 0.2) is 4.96 Å². The summed E-state index contributed by atoms with van der Waals surface area (Å²) in [7, 11) is 0. The zero-order valence-corrected chi connectivity index (χ0v) is 13.4. The number of carbonyl (C=O) groups is 1. The summed E-state index contributed by atoms with van der Waals surface area (Å²) < 4.78 is 2.01.